The summed E-state index contributed by atoms with van der Waals surface area (Å²) >= 11 is 0. The Labute approximate surface area is 177 Å². The lowest BCUT2D eigenvalue weighted by Gasteiger charge is -2.39. The van der Waals surface area contributed by atoms with Gasteiger partial charge in [0.15, 0.2) is 0 Å². The molecular weight excluding hydrogens is 374 g/mol. The summed E-state index contributed by atoms with van der Waals surface area (Å²) in [5.41, 5.74) is -1.45. The van der Waals surface area contributed by atoms with Crippen molar-refractivity contribution in [1.29, 1.82) is 0 Å². The number of carbonyl (C=O) groups is 3. The molecule has 1 aliphatic rings. The molecule has 0 aromatic heterocycles. The van der Waals surface area contributed by atoms with Crippen molar-refractivity contribution >= 4 is 17.8 Å². The predicted molar refractivity (Wildman–Crippen MR) is 116 cm³/mol. The van der Waals surface area contributed by atoms with Crippen molar-refractivity contribution in [3.63, 3.8) is 0 Å². The van der Waals surface area contributed by atoms with Gasteiger partial charge < -0.3 is 15.1 Å². The van der Waals surface area contributed by atoms with Crippen LogP contribution in [0.25, 0.3) is 0 Å². The topological polar surface area (TPSA) is 104 Å². The molecule has 7 heteroatoms. The number of rotatable bonds is 7. The highest BCUT2D eigenvalue weighted by molar-refractivity contribution is 6.01. The molecule has 0 aromatic rings. The summed E-state index contributed by atoms with van der Waals surface area (Å²) < 4.78 is 0. The number of hydrogen-bond acceptors (Lipinski definition) is 6. The van der Waals surface area contributed by atoms with Crippen LogP contribution in [0.15, 0.2) is 0 Å². The second kappa shape index (κ2) is 16.3. The molecule has 1 rings (SSSR count). The van der Waals surface area contributed by atoms with E-state index in [1.165, 1.54) is 0 Å². The number of amides is 2. The molecule has 0 bridgehead atoms. The van der Waals surface area contributed by atoms with Crippen molar-refractivity contribution in [2.75, 3.05) is 13.2 Å². The number of aliphatic hydroxyl groups is 2. The highest BCUT2D eigenvalue weighted by Crippen LogP contribution is 2.42. The molecule has 0 radical (unpaired) electrons. The van der Waals surface area contributed by atoms with Gasteiger partial charge in [-0.05, 0) is 38.0 Å². The molecule has 7 nitrogen and oxygen atoms in total. The largest absolute Gasteiger partial charge is 0.396 e. The first-order chi connectivity index (χ1) is 13.4. The molecule has 2 amide bonds. The fourth-order valence-electron chi connectivity index (χ4n) is 1.98. The van der Waals surface area contributed by atoms with Crippen LogP contribution < -0.4 is 0 Å². The predicted octanol–water partition coefficient (Wildman–Crippen LogP) is 4.11. The van der Waals surface area contributed by atoms with E-state index in [4.69, 9.17) is 15.1 Å². The van der Waals surface area contributed by atoms with Crippen molar-refractivity contribution in [3.05, 3.63) is 0 Å². The number of hydroxylamine groups is 2. The summed E-state index contributed by atoms with van der Waals surface area (Å²) in [6.45, 7) is 19.5. The van der Waals surface area contributed by atoms with Crippen LogP contribution in [0.4, 0.5) is 0 Å². The van der Waals surface area contributed by atoms with Crippen molar-refractivity contribution in [2.45, 2.75) is 94.9 Å². The van der Waals surface area contributed by atoms with Gasteiger partial charge in [-0.2, -0.15) is 0 Å². The standard InChI is InChI=1S/C13H21NO5.C5H12O.2C2H6/c1-12(2,7-8-15)13(3,4)11(18)19-14-9(16)5-6-10(14)17;1-5(2)3-4-6;2*1-2/h15H,5-8H2,1-4H3;5-6H,3-4H2,1-2H3;2*1-2H3. The van der Waals surface area contributed by atoms with E-state index in [9.17, 15) is 14.4 Å². The van der Waals surface area contributed by atoms with Crippen LogP contribution in [-0.2, 0) is 19.2 Å². The summed E-state index contributed by atoms with van der Waals surface area (Å²) in [6, 6.07) is 0. The fourth-order valence-corrected chi connectivity index (χ4v) is 1.98. The molecule has 1 saturated heterocycles. The normalized spacial score (nSPS) is 13.6. The molecule has 0 aliphatic carbocycles. The van der Waals surface area contributed by atoms with Gasteiger partial charge in [0, 0.05) is 26.1 Å². The highest BCUT2D eigenvalue weighted by Gasteiger charge is 2.46. The van der Waals surface area contributed by atoms with Crippen LogP contribution in [0.1, 0.15) is 94.9 Å². The molecule has 2 N–H and O–H groups in total. The van der Waals surface area contributed by atoms with Crippen LogP contribution in [0.5, 0.6) is 0 Å². The van der Waals surface area contributed by atoms with E-state index in [0.717, 1.165) is 6.42 Å². The zero-order valence-electron chi connectivity index (χ0n) is 20.3. The zero-order chi connectivity index (χ0) is 23.8. The summed E-state index contributed by atoms with van der Waals surface area (Å²) in [5.74, 6) is -0.979. The van der Waals surface area contributed by atoms with Crippen LogP contribution in [0.2, 0.25) is 0 Å². The van der Waals surface area contributed by atoms with Gasteiger partial charge in [0.25, 0.3) is 11.8 Å². The van der Waals surface area contributed by atoms with Crippen LogP contribution in [-0.4, -0.2) is 46.3 Å². The lowest BCUT2D eigenvalue weighted by atomic mass is 9.66. The summed E-state index contributed by atoms with van der Waals surface area (Å²) in [7, 11) is 0. The maximum absolute atomic E-state index is 12.2. The molecule has 29 heavy (non-hydrogen) atoms. The molecule has 1 aliphatic heterocycles. The molecule has 0 spiro atoms. The molecular formula is C22H45NO6. The van der Waals surface area contributed by atoms with Gasteiger partial charge in [0.05, 0.1) is 5.41 Å². The lowest BCUT2D eigenvalue weighted by molar-refractivity contribution is -0.208. The first kappa shape index (κ1) is 32.2. The maximum atomic E-state index is 12.2. The van der Waals surface area contributed by atoms with Gasteiger partial charge in [-0.3, -0.25) is 9.59 Å². The highest BCUT2D eigenvalue weighted by atomic mass is 16.7. The van der Waals surface area contributed by atoms with E-state index < -0.39 is 28.6 Å². The molecule has 174 valence electrons. The summed E-state index contributed by atoms with van der Waals surface area (Å²) in [6.07, 6.45) is 1.50. The van der Waals surface area contributed by atoms with E-state index in [0.29, 0.717) is 24.0 Å². The Bertz CT molecular complexity index is 456. The van der Waals surface area contributed by atoms with Crippen molar-refractivity contribution < 1.29 is 29.4 Å². The second-order valence-corrected chi connectivity index (χ2v) is 7.85. The Hall–Kier alpha value is -1.47. The number of hydrogen-bond donors (Lipinski definition) is 2. The van der Waals surface area contributed by atoms with E-state index >= 15 is 0 Å². The van der Waals surface area contributed by atoms with Crippen LogP contribution in [0, 0.1) is 16.7 Å². The first-order valence-corrected chi connectivity index (χ1v) is 10.7. The Morgan fingerprint density at radius 3 is 1.66 bits per heavy atom. The number of imide groups is 1. The molecule has 1 heterocycles. The molecule has 0 unspecified atom stereocenters. The molecule has 0 atom stereocenters. The minimum Gasteiger partial charge on any atom is -0.396 e. The van der Waals surface area contributed by atoms with E-state index in [2.05, 4.69) is 13.8 Å². The molecule has 0 saturated carbocycles. The average Bonchev–Trinajstić information content (AvgIpc) is 2.97. The van der Waals surface area contributed by atoms with Gasteiger partial charge >= 0.3 is 5.97 Å². The minimum atomic E-state index is -0.932. The van der Waals surface area contributed by atoms with E-state index in [1.807, 2.05) is 41.5 Å². The zero-order valence-corrected chi connectivity index (χ0v) is 20.3. The monoisotopic (exact) mass is 419 g/mol. The smallest absolute Gasteiger partial charge is 0.339 e. The van der Waals surface area contributed by atoms with Gasteiger partial charge in [0.1, 0.15) is 0 Å². The third kappa shape index (κ3) is 11.3. The Kier molecular flexibility index (Phi) is 18.1. The van der Waals surface area contributed by atoms with Crippen molar-refractivity contribution in [2.24, 2.45) is 16.7 Å². The fraction of sp³-hybridized carbons (Fsp3) is 0.864. The number of aliphatic hydroxyl groups excluding tert-OH is 2. The Morgan fingerprint density at radius 1 is 0.966 bits per heavy atom. The Morgan fingerprint density at radius 2 is 1.38 bits per heavy atom. The summed E-state index contributed by atoms with van der Waals surface area (Å²) in [5, 5.41) is 17.8. The Balaban J connectivity index is -0.000000570. The van der Waals surface area contributed by atoms with Gasteiger partial charge in [0.2, 0.25) is 0 Å². The molecule has 1 fully saturated rings. The third-order valence-corrected chi connectivity index (χ3v) is 4.83. The third-order valence-electron chi connectivity index (χ3n) is 4.83. The van der Waals surface area contributed by atoms with Crippen LogP contribution in [0.3, 0.4) is 0 Å². The molecule has 0 aromatic carbocycles. The lowest BCUT2D eigenvalue weighted by Crippen LogP contribution is -2.45. The van der Waals surface area contributed by atoms with Crippen molar-refractivity contribution in [1.82, 2.24) is 5.06 Å². The van der Waals surface area contributed by atoms with Gasteiger partial charge in [-0.15, -0.1) is 5.06 Å². The second-order valence-electron chi connectivity index (χ2n) is 7.85. The van der Waals surface area contributed by atoms with Crippen molar-refractivity contribution in [3.8, 4) is 0 Å². The number of nitrogens with zero attached hydrogens (tertiary/aromatic N) is 1. The maximum Gasteiger partial charge on any atom is 0.339 e. The van der Waals surface area contributed by atoms with E-state index in [-0.39, 0.29) is 19.4 Å². The van der Waals surface area contributed by atoms with E-state index in [1.54, 1.807) is 13.8 Å². The first-order valence-electron chi connectivity index (χ1n) is 10.7. The van der Waals surface area contributed by atoms with Crippen LogP contribution >= 0.6 is 0 Å². The van der Waals surface area contributed by atoms with Gasteiger partial charge in [-0.1, -0.05) is 55.4 Å². The SMILES string of the molecule is CC.CC.CC(C)(CCO)C(C)(C)C(=O)ON1C(=O)CCC1=O.CC(C)CCO. The minimum absolute atomic E-state index is 0.0503. The van der Waals surface area contributed by atoms with Gasteiger partial charge in [-0.25, -0.2) is 4.79 Å². The summed E-state index contributed by atoms with van der Waals surface area (Å²) in [4.78, 5) is 40.0. The quantitative estimate of drug-likeness (QED) is 0.602. The number of carbonyl (C=O) groups excluding carboxylic acids is 3. The average molecular weight is 420 g/mol.